The summed E-state index contributed by atoms with van der Waals surface area (Å²) in [7, 11) is 0. The lowest BCUT2D eigenvalue weighted by molar-refractivity contribution is 0.167. The first-order valence-electron chi connectivity index (χ1n) is 9.43. The van der Waals surface area contributed by atoms with Crippen LogP contribution < -0.4 is 5.32 Å². The highest BCUT2D eigenvalue weighted by Gasteiger charge is 2.54. The third-order valence-electron chi connectivity index (χ3n) is 6.27. The molecule has 3 aliphatic rings. The average molecular weight is 336 g/mol. The zero-order valence-electron chi connectivity index (χ0n) is 14.3. The lowest BCUT2D eigenvalue weighted by Crippen LogP contribution is -2.46. The molecule has 1 aliphatic heterocycles. The normalized spacial score (nSPS) is 28.2. The molecule has 0 spiro atoms. The van der Waals surface area contributed by atoms with Gasteiger partial charge in [-0.05, 0) is 48.8 Å². The molecule has 2 heterocycles. The summed E-state index contributed by atoms with van der Waals surface area (Å²) in [6, 6.07) is 11.6. The first-order valence-corrected chi connectivity index (χ1v) is 9.43. The number of hydrogen-bond donors (Lipinski definition) is 1. The fourth-order valence-corrected chi connectivity index (χ4v) is 4.83. The van der Waals surface area contributed by atoms with E-state index in [9.17, 15) is 4.79 Å². The van der Waals surface area contributed by atoms with Crippen molar-refractivity contribution in [2.75, 3.05) is 13.1 Å². The predicted molar refractivity (Wildman–Crippen MR) is 95.4 cm³/mol. The number of likely N-dealkylation sites (tertiary alicyclic amines) is 1. The molecule has 2 aliphatic carbocycles. The molecule has 5 nitrogen and oxygen atoms in total. The summed E-state index contributed by atoms with van der Waals surface area (Å²) < 4.78 is 2.03. The van der Waals surface area contributed by atoms with Crippen molar-refractivity contribution in [1.29, 1.82) is 0 Å². The number of carbonyl (C=O) groups is 1. The van der Waals surface area contributed by atoms with E-state index in [-0.39, 0.29) is 6.03 Å². The van der Waals surface area contributed by atoms with Gasteiger partial charge in [0, 0.05) is 37.4 Å². The summed E-state index contributed by atoms with van der Waals surface area (Å²) in [6.07, 6.45) is 8.16. The van der Waals surface area contributed by atoms with Crippen LogP contribution in [0.25, 0.3) is 0 Å². The molecule has 1 saturated heterocycles. The summed E-state index contributed by atoms with van der Waals surface area (Å²) in [4.78, 5) is 14.7. The quantitative estimate of drug-likeness (QED) is 0.917. The van der Waals surface area contributed by atoms with Crippen LogP contribution in [0, 0.1) is 5.92 Å². The van der Waals surface area contributed by atoms with Gasteiger partial charge in [-0.25, -0.2) is 4.79 Å². The fraction of sp³-hybridized carbons (Fsp3) is 0.500. The first-order chi connectivity index (χ1) is 12.3. The molecule has 0 unspecified atom stereocenters. The summed E-state index contributed by atoms with van der Waals surface area (Å²) in [5.74, 6) is 1.18. The fourth-order valence-electron chi connectivity index (χ4n) is 4.83. The van der Waals surface area contributed by atoms with Crippen molar-refractivity contribution >= 4 is 6.03 Å². The highest BCUT2D eigenvalue weighted by atomic mass is 16.2. The highest BCUT2D eigenvalue weighted by molar-refractivity contribution is 5.75. The van der Waals surface area contributed by atoms with Gasteiger partial charge in [-0.3, -0.25) is 4.68 Å². The molecule has 1 saturated carbocycles. The maximum absolute atomic E-state index is 12.7. The number of nitrogens with zero attached hydrogens (tertiary/aromatic N) is 3. The SMILES string of the molecule is O=C(N[C@@H]1[C@@H]2CCc3ccccc3[C@H]21)N1CCC(n2cccn2)CC1. The van der Waals surface area contributed by atoms with Crippen LogP contribution in [0.15, 0.2) is 42.7 Å². The Morgan fingerprint density at radius 1 is 1.12 bits per heavy atom. The molecule has 0 radical (unpaired) electrons. The summed E-state index contributed by atoms with van der Waals surface area (Å²) in [5.41, 5.74) is 2.93. The second kappa shape index (κ2) is 5.90. The molecule has 3 atom stereocenters. The van der Waals surface area contributed by atoms with E-state index >= 15 is 0 Å². The molecule has 1 aromatic carbocycles. The van der Waals surface area contributed by atoms with Crippen LogP contribution in [-0.4, -0.2) is 39.8 Å². The smallest absolute Gasteiger partial charge is 0.317 e. The van der Waals surface area contributed by atoms with Crippen molar-refractivity contribution in [3.05, 3.63) is 53.9 Å². The van der Waals surface area contributed by atoms with E-state index in [1.807, 2.05) is 28.0 Å². The van der Waals surface area contributed by atoms with E-state index in [1.54, 1.807) is 0 Å². The molecule has 1 N–H and O–H groups in total. The van der Waals surface area contributed by atoms with Gasteiger partial charge in [0.05, 0.1) is 6.04 Å². The number of hydrogen-bond acceptors (Lipinski definition) is 2. The topological polar surface area (TPSA) is 50.2 Å². The molecular formula is C20H24N4O. The number of aromatic nitrogens is 2. The van der Waals surface area contributed by atoms with Gasteiger partial charge < -0.3 is 10.2 Å². The summed E-state index contributed by atoms with van der Waals surface area (Å²) in [6.45, 7) is 1.63. The second-order valence-corrected chi connectivity index (χ2v) is 7.61. The number of rotatable bonds is 2. The summed E-state index contributed by atoms with van der Waals surface area (Å²) in [5, 5.41) is 7.66. The van der Waals surface area contributed by atoms with Crippen molar-refractivity contribution in [2.24, 2.45) is 5.92 Å². The number of piperidine rings is 1. The third kappa shape index (κ3) is 2.62. The van der Waals surface area contributed by atoms with Crippen LogP contribution in [0.1, 0.15) is 42.3 Å². The Hall–Kier alpha value is -2.30. The number of nitrogens with one attached hydrogen (secondary N) is 1. The molecule has 5 heteroatoms. The Balaban J connectivity index is 1.19. The van der Waals surface area contributed by atoms with Crippen molar-refractivity contribution in [3.8, 4) is 0 Å². The van der Waals surface area contributed by atoms with Gasteiger partial charge >= 0.3 is 6.03 Å². The minimum atomic E-state index is 0.121. The van der Waals surface area contributed by atoms with E-state index in [4.69, 9.17) is 0 Å². The number of benzene rings is 1. The highest BCUT2D eigenvalue weighted by Crippen LogP contribution is 2.54. The Morgan fingerprint density at radius 3 is 2.76 bits per heavy atom. The monoisotopic (exact) mass is 336 g/mol. The Labute approximate surface area is 148 Å². The van der Waals surface area contributed by atoms with Gasteiger partial charge in [-0.15, -0.1) is 0 Å². The number of aryl methyl sites for hydroxylation is 1. The Kier molecular flexibility index (Phi) is 3.54. The molecule has 2 aromatic rings. The number of fused-ring (bicyclic) bond motifs is 3. The maximum Gasteiger partial charge on any atom is 0.317 e. The Bertz CT molecular complexity index is 764. The van der Waals surface area contributed by atoms with Crippen LogP contribution in [0.4, 0.5) is 4.79 Å². The van der Waals surface area contributed by atoms with Crippen LogP contribution in [-0.2, 0) is 6.42 Å². The Morgan fingerprint density at radius 2 is 1.96 bits per heavy atom. The second-order valence-electron chi connectivity index (χ2n) is 7.61. The van der Waals surface area contributed by atoms with Crippen molar-refractivity contribution in [3.63, 3.8) is 0 Å². The van der Waals surface area contributed by atoms with Crippen molar-refractivity contribution in [2.45, 2.75) is 43.7 Å². The molecule has 5 rings (SSSR count). The van der Waals surface area contributed by atoms with Gasteiger partial charge in [-0.1, -0.05) is 24.3 Å². The van der Waals surface area contributed by atoms with Gasteiger partial charge in [0.2, 0.25) is 0 Å². The number of carbonyl (C=O) groups excluding carboxylic acids is 1. The van der Waals surface area contributed by atoms with E-state index in [0.717, 1.165) is 32.4 Å². The zero-order chi connectivity index (χ0) is 16.8. The van der Waals surface area contributed by atoms with E-state index in [1.165, 1.54) is 17.5 Å². The first kappa shape index (κ1) is 15.0. The van der Waals surface area contributed by atoms with E-state index in [0.29, 0.717) is 23.9 Å². The van der Waals surface area contributed by atoms with E-state index < -0.39 is 0 Å². The standard InChI is InChI=1S/C20H24N4O/c25-20(23-12-8-15(9-13-23)24-11-3-10-21-24)22-19-17-7-6-14-4-1-2-5-16(14)18(17)19/h1-5,10-11,15,17-19H,6-9,12-13H2,(H,22,25)/t17-,18-,19-/m1/s1. The van der Waals surface area contributed by atoms with Crippen LogP contribution in [0.5, 0.6) is 0 Å². The zero-order valence-corrected chi connectivity index (χ0v) is 14.3. The third-order valence-corrected chi connectivity index (χ3v) is 6.27. The predicted octanol–water partition coefficient (Wildman–Crippen LogP) is 2.96. The van der Waals surface area contributed by atoms with Crippen LogP contribution >= 0.6 is 0 Å². The summed E-state index contributed by atoms with van der Waals surface area (Å²) >= 11 is 0. The number of amides is 2. The van der Waals surface area contributed by atoms with Gasteiger partial charge in [-0.2, -0.15) is 5.10 Å². The average Bonchev–Trinajstić information content (AvgIpc) is 3.09. The van der Waals surface area contributed by atoms with Crippen LogP contribution in [0.3, 0.4) is 0 Å². The van der Waals surface area contributed by atoms with Crippen molar-refractivity contribution < 1.29 is 4.79 Å². The molecule has 2 fully saturated rings. The lowest BCUT2D eigenvalue weighted by atomic mass is 9.92. The largest absolute Gasteiger partial charge is 0.334 e. The van der Waals surface area contributed by atoms with E-state index in [2.05, 4.69) is 34.7 Å². The van der Waals surface area contributed by atoms with Gasteiger partial charge in [0.15, 0.2) is 0 Å². The van der Waals surface area contributed by atoms with Gasteiger partial charge in [0.1, 0.15) is 0 Å². The number of urea groups is 1. The molecular weight excluding hydrogens is 312 g/mol. The minimum absolute atomic E-state index is 0.121. The lowest BCUT2D eigenvalue weighted by Gasteiger charge is -2.32. The van der Waals surface area contributed by atoms with Crippen LogP contribution in [0.2, 0.25) is 0 Å². The molecule has 0 bridgehead atoms. The molecule has 25 heavy (non-hydrogen) atoms. The molecule has 130 valence electrons. The van der Waals surface area contributed by atoms with Gasteiger partial charge in [0.25, 0.3) is 0 Å². The maximum atomic E-state index is 12.7. The molecule has 2 amide bonds. The molecule has 1 aromatic heterocycles. The van der Waals surface area contributed by atoms with Crippen molar-refractivity contribution in [1.82, 2.24) is 20.0 Å². The minimum Gasteiger partial charge on any atom is -0.334 e.